The van der Waals surface area contributed by atoms with E-state index in [1.54, 1.807) is 6.92 Å². The number of hydrogen-bond donors (Lipinski definition) is 1. The SMILES string of the molecule is CC1=NN(Cc2cccc(C)c2)C(=O)C1CCC(=O)O. The van der Waals surface area contributed by atoms with Crippen LogP contribution in [0.2, 0.25) is 0 Å². The molecule has 1 amide bonds. The quantitative estimate of drug-likeness (QED) is 0.894. The second-order valence-corrected chi connectivity index (χ2v) is 5.11. The van der Waals surface area contributed by atoms with Gasteiger partial charge in [0.05, 0.1) is 12.5 Å². The van der Waals surface area contributed by atoms with E-state index in [1.807, 2.05) is 31.2 Å². The molecule has 1 atom stereocenters. The predicted molar refractivity (Wildman–Crippen MR) is 75.2 cm³/mol. The molecule has 5 nitrogen and oxygen atoms in total. The summed E-state index contributed by atoms with van der Waals surface area (Å²) < 4.78 is 0. The Morgan fingerprint density at radius 2 is 2.15 bits per heavy atom. The standard InChI is InChI=1S/C15H18N2O3/c1-10-4-3-5-12(8-10)9-17-15(20)13(11(2)16-17)6-7-14(18)19/h3-5,8,13H,6-7,9H2,1-2H3,(H,18,19). The third-order valence-electron chi connectivity index (χ3n) is 3.40. The highest BCUT2D eigenvalue weighted by atomic mass is 16.4. The Hall–Kier alpha value is -2.17. The van der Waals surface area contributed by atoms with Crippen LogP contribution in [0, 0.1) is 12.8 Å². The summed E-state index contributed by atoms with van der Waals surface area (Å²) in [5, 5.41) is 14.4. The lowest BCUT2D eigenvalue weighted by molar-refractivity contribution is -0.137. The van der Waals surface area contributed by atoms with Crippen molar-refractivity contribution in [1.29, 1.82) is 0 Å². The summed E-state index contributed by atoms with van der Waals surface area (Å²) in [4.78, 5) is 22.9. The molecule has 1 aliphatic rings. The van der Waals surface area contributed by atoms with E-state index >= 15 is 0 Å². The third-order valence-corrected chi connectivity index (χ3v) is 3.40. The van der Waals surface area contributed by atoms with Gasteiger partial charge in [-0.2, -0.15) is 5.10 Å². The Balaban J connectivity index is 2.04. The van der Waals surface area contributed by atoms with E-state index in [2.05, 4.69) is 5.10 Å². The number of carboxylic acids is 1. The normalized spacial score (nSPS) is 18.3. The van der Waals surface area contributed by atoms with Gasteiger partial charge in [-0.1, -0.05) is 29.8 Å². The van der Waals surface area contributed by atoms with Crippen molar-refractivity contribution in [2.75, 3.05) is 0 Å². The highest BCUT2D eigenvalue weighted by Crippen LogP contribution is 2.22. The highest BCUT2D eigenvalue weighted by Gasteiger charge is 2.33. The fraction of sp³-hybridized carbons (Fsp3) is 0.400. The van der Waals surface area contributed by atoms with Crippen LogP contribution in [0.3, 0.4) is 0 Å². The van der Waals surface area contributed by atoms with Crippen LogP contribution in [0.25, 0.3) is 0 Å². The minimum Gasteiger partial charge on any atom is -0.481 e. The molecule has 0 spiro atoms. The molecule has 1 aromatic carbocycles. The third kappa shape index (κ3) is 3.23. The summed E-state index contributed by atoms with van der Waals surface area (Å²) in [5.74, 6) is -1.39. The molecular weight excluding hydrogens is 256 g/mol. The Kier molecular flexibility index (Phi) is 4.17. The minimum absolute atomic E-state index is 0.0123. The number of amides is 1. The van der Waals surface area contributed by atoms with Crippen molar-refractivity contribution in [2.45, 2.75) is 33.2 Å². The maximum Gasteiger partial charge on any atom is 0.303 e. The summed E-state index contributed by atoms with van der Waals surface area (Å²) in [5.41, 5.74) is 2.86. The van der Waals surface area contributed by atoms with E-state index in [0.717, 1.165) is 11.1 Å². The monoisotopic (exact) mass is 274 g/mol. The van der Waals surface area contributed by atoms with E-state index in [4.69, 9.17) is 5.11 Å². The molecule has 0 saturated heterocycles. The minimum atomic E-state index is -0.886. The number of rotatable bonds is 5. The molecule has 1 aromatic rings. The lowest BCUT2D eigenvalue weighted by Crippen LogP contribution is -2.27. The fourth-order valence-corrected chi connectivity index (χ4v) is 2.36. The number of benzene rings is 1. The topological polar surface area (TPSA) is 70.0 Å². The highest BCUT2D eigenvalue weighted by molar-refractivity contribution is 6.06. The van der Waals surface area contributed by atoms with Crippen LogP contribution in [0.15, 0.2) is 29.4 Å². The van der Waals surface area contributed by atoms with Crippen molar-refractivity contribution >= 4 is 17.6 Å². The van der Waals surface area contributed by atoms with Crippen molar-refractivity contribution in [3.8, 4) is 0 Å². The zero-order valence-corrected chi connectivity index (χ0v) is 11.7. The first-order chi connectivity index (χ1) is 9.47. The molecule has 1 N–H and O–H groups in total. The molecular formula is C15H18N2O3. The van der Waals surface area contributed by atoms with E-state index in [1.165, 1.54) is 5.01 Å². The van der Waals surface area contributed by atoms with Gasteiger partial charge in [-0.05, 0) is 25.8 Å². The van der Waals surface area contributed by atoms with Crippen molar-refractivity contribution in [3.63, 3.8) is 0 Å². The van der Waals surface area contributed by atoms with Gasteiger partial charge >= 0.3 is 5.97 Å². The molecule has 0 fully saturated rings. The molecule has 0 aliphatic carbocycles. The Morgan fingerprint density at radius 1 is 1.40 bits per heavy atom. The molecule has 1 aliphatic heterocycles. The maximum atomic E-state index is 12.2. The second-order valence-electron chi connectivity index (χ2n) is 5.11. The summed E-state index contributed by atoms with van der Waals surface area (Å²) in [6, 6.07) is 7.92. The lowest BCUT2D eigenvalue weighted by Gasteiger charge is -2.14. The van der Waals surface area contributed by atoms with Gasteiger partial charge in [0.25, 0.3) is 5.91 Å². The van der Waals surface area contributed by atoms with Gasteiger partial charge in [0.15, 0.2) is 0 Å². The first kappa shape index (κ1) is 14.2. The Labute approximate surface area is 117 Å². The van der Waals surface area contributed by atoms with Crippen LogP contribution in [-0.2, 0) is 16.1 Å². The fourth-order valence-electron chi connectivity index (χ4n) is 2.36. The molecule has 2 rings (SSSR count). The average molecular weight is 274 g/mol. The summed E-state index contributed by atoms with van der Waals surface area (Å²) in [6.45, 7) is 4.21. The van der Waals surface area contributed by atoms with Crippen LogP contribution in [0.4, 0.5) is 0 Å². The molecule has 106 valence electrons. The molecule has 0 saturated carbocycles. The summed E-state index contributed by atoms with van der Waals surface area (Å²) in [7, 11) is 0. The van der Waals surface area contributed by atoms with Gasteiger partial charge in [0.1, 0.15) is 0 Å². The molecule has 1 heterocycles. The molecule has 0 bridgehead atoms. The molecule has 0 radical (unpaired) electrons. The van der Waals surface area contributed by atoms with Crippen LogP contribution >= 0.6 is 0 Å². The van der Waals surface area contributed by atoms with Gasteiger partial charge in [-0.25, -0.2) is 5.01 Å². The molecule has 0 aromatic heterocycles. The van der Waals surface area contributed by atoms with Gasteiger partial charge in [-0.3, -0.25) is 9.59 Å². The van der Waals surface area contributed by atoms with E-state index in [0.29, 0.717) is 18.7 Å². The van der Waals surface area contributed by atoms with Gasteiger partial charge in [-0.15, -0.1) is 0 Å². The second kappa shape index (κ2) is 5.86. The molecule has 1 unspecified atom stereocenters. The van der Waals surface area contributed by atoms with E-state index < -0.39 is 11.9 Å². The van der Waals surface area contributed by atoms with E-state index in [-0.39, 0.29) is 12.3 Å². The van der Waals surface area contributed by atoms with Crippen LogP contribution in [-0.4, -0.2) is 27.7 Å². The van der Waals surface area contributed by atoms with Gasteiger partial charge < -0.3 is 5.11 Å². The number of aryl methyl sites for hydroxylation is 1. The summed E-state index contributed by atoms with van der Waals surface area (Å²) in [6.07, 6.45) is 0.301. The Morgan fingerprint density at radius 3 is 2.80 bits per heavy atom. The van der Waals surface area contributed by atoms with Crippen molar-refractivity contribution in [2.24, 2.45) is 11.0 Å². The smallest absolute Gasteiger partial charge is 0.303 e. The number of carboxylic acid groups (broad SMARTS) is 1. The maximum absolute atomic E-state index is 12.2. The van der Waals surface area contributed by atoms with Crippen LogP contribution < -0.4 is 0 Å². The molecule has 20 heavy (non-hydrogen) atoms. The van der Waals surface area contributed by atoms with Crippen LogP contribution in [0.1, 0.15) is 30.9 Å². The zero-order valence-electron chi connectivity index (χ0n) is 11.7. The number of aliphatic carboxylic acids is 1. The summed E-state index contributed by atoms with van der Waals surface area (Å²) >= 11 is 0. The lowest BCUT2D eigenvalue weighted by atomic mass is 9.98. The predicted octanol–water partition coefficient (Wildman–Crippen LogP) is 2.19. The average Bonchev–Trinajstić information content (AvgIpc) is 2.62. The first-order valence-electron chi connectivity index (χ1n) is 6.61. The number of carbonyl (C=O) groups is 2. The van der Waals surface area contributed by atoms with Crippen molar-refractivity contribution < 1.29 is 14.7 Å². The number of hydrazone groups is 1. The van der Waals surface area contributed by atoms with Crippen molar-refractivity contribution in [3.05, 3.63) is 35.4 Å². The molecule has 5 heteroatoms. The zero-order chi connectivity index (χ0) is 14.7. The van der Waals surface area contributed by atoms with Crippen LogP contribution in [0.5, 0.6) is 0 Å². The van der Waals surface area contributed by atoms with Crippen molar-refractivity contribution in [1.82, 2.24) is 5.01 Å². The Bertz CT molecular complexity index is 566. The largest absolute Gasteiger partial charge is 0.481 e. The number of nitrogens with zero attached hydrogens (tertiary/aromatic N) is 2. The number of carbonyl (C=O) groups excluding carboxylic acids is 1. The van der Waals surface area contributed by atoms with Gasteiger partial charge in [0.2, 0.25) is 0 Å². The van der Waals surface area contributed by atoms with Gasteiger partial charge in [0, 0.05) is 12.1 Å². The van der Waals surface area contributed by atoms with E-state index in [9.17, 15) is 9.59 Å². The first-order valence-corrected chi connectivity index (χ1v) is 6.61. The number of hydrogen-bond acceptors (Lipinski definition) is 3.